The third kappa shape index (κ3) is 4.10. The molecule has 0 saturated heterocycles. The summed E-state index contributed by atoms with van der Waals surface area (Å²) in [6.07, 6.45) is 3.98. The molecule has 0 aromatic rings. The van der Waals surface area contributed by atoms with E-state index >= 15 is 0 Å². The van der Waals surface area contributed by atoms with Gasteiger partial charge in [-0.15, -0.1) is 0 Å². The lowest BCUT2D eigenvalue weighted by Gasteiger charge is -2.01. The first-order valence-corrected chi connectivity index (χ1v) is 3.90. The van der Waals surface area contributed by atoms with Gasteiger partial charge in [-0.25, -0.2) is 4.79 Å². The first kappa shape index (κ1) is 11.4. The summed E-state index contributed by atoms with van der Waals surface area (Å²) in [5, 5.41) is 0. The van der Waals surface area contributed by atoms with Crippen molar-refractivity contribution in [2.75, 3.05) is 6.61 Å². The van der Waals surface area contributed by atoms with Crippen LogP contribution in [0, 0.1) is 0 Å². The lowest BCUT2D eigenvalue weighted by Crippen LogP contribution is -2.13. The largest absolute Gasteiger partial charge is 0.462 e. The van der Waals surface area contributed by atoms with Gasteiger partial charge in [-0.1, -0.05) is 0 Å². The number of allylic oxidation sites excluding steroid dienone is 2. The van der Waals surface area contributed by atoms with Gasteiger partial charge in [-0.3, -0.25) is 4.79 Å². The molecule has 0 rings (SSSR count). The van der Waals surface area contributed by atoms with Crippen molar-refractivity contribution in [3.8, 4) is 0 Å². The summed E-state index contributed by atoms with van der Waals surface area (Å²) < 4.78 is 4.66. The molecule has 4 heteroatoms. The predicted octanol–water partition coefficient (Wildman–Crippen LogP) is 0.537. The van der Waals surface area contributed by atoms with Crippen molar-refractivity contribution in [2.24, 2.45) is 5.73 Å². The Hall–Kier alpha value is -1.58. The highest BCUT2D eigenvalue weighted by Gasteiger charge is 2.13. The van der Waals surface area contributed by atoms with Gasteiger partial charge in [0, 0.05) is 0 Å². The topological polar surface area (TPSA) is 69.4 Å². The van der Waals surface area contributed by atoms with Gasteiger partial charge >= 0.3 is 5.97 Å². The molecule has 0 saturated carbocycles. The summed E-state index contributed by atoms with van der Waals surface area (Å²) in [7, 11) is 0. The van der Waals surface area contributed by atoms with Gasteiger partial charge in [0.25, 0.3) is 0 Å². The normalized spacial score (nSPS) is 11.7. The Morgan fingerprint density at radius 1 is 1.46 bits per heavy atom. The zero-order chi connectivity index (χ0) is 10.3. The van der Waals surface area contributed by atoms with Gasteiger partial charge in [0.2, 0.25) is 0 Å². The van der Waals surface area contributed by atoms with Crippen LogP contribution >= 0.6 is 0 Å². The zero-order valence-corrected chi connectivity index (χ0v) is 7.74. The van der Waals surface area contributed by atoms with Crippen molar-refractivity contribution in [1.82, 2.24) is 0 Å². The molecule has 0 radical (unpaired) electrons. The molecular formula is C9H13NO3. The van der Waals surface area contributed by atoms with Crippen LogP contribution in [-0.2, 0) is 14.3 Å². The molecule has 0 aliphatic carbocycles. The molecule has 0 unspecified atom stereocenters. The summed E-state index contributed by atoms with van der Waals surface area (Å²) in [6.45, 7) is 3.22. The third-order valence-electron chi connectivity index (χ3n) is 1.25. The molecule has 0 bridgehead atoms. The number of esters is 1. The highest BCUT2D eigenvalue weighted by molar-refractivity contribution is 6.16. The molecule has 0 amide bonds. The van der Waals surface area contributed by atoms with E-state index in [-0.39, 0.29) is 18.0 Å². The minimum Gasteiger partial charge on any atom is -0.462 e. The summed E-state index contributed by atoms with van der Waals surface area (Å²) in [5.74, 6) is -0.954. The average Bonchev–Trinajstić information content (AvgIpc) is 2.05. The monoisotopic (exact) mass is 183 g/mol. The number of hydrogen-bond acceptors (Lipinski definition) is 4. The number of ether oxygens (including phenoxy) is 1. The van der Waals surface area contributed by atoms with Crippen LogP contribution in [-0.4, -0.2) is 18.4 Å². The number of carbonyl (C=O) groups excluding carboxylic acids is 2. The molecule has 0 aliphatic heterocycles. The Labute approximate surface area is 77.1 Å². The summed E-state index contributed by atoms with van der Waals surface area (Å²) >= 11 is 0. The SMILES string of the molecule is CCOC(=O)/C(=C/C=C/N)C(C)=O. The van der Waals surface area contributed by atoms with Crippen molar-refractivity contribution in [3.05, 3.63) is 23.9 Å². The maximum atomic E-state index is 11.1. The molecule has 0 aromatic heterocycles. The molecule has 2 N–H and O–H groups in total. The van der Waals surface area contributed by atoms with Gasteiger partial charge in [-0.05, 0) is 32.2 Å². The van der Waals surface area contributed by atoms with E-state index in [9.17, 15) is 9.59 Å². The highest BCUT2D eigenvalue weighted by Crippen LogP contribution is 2.00. The fourth-order valence-corrected chi connectivity index (χ4v) is 0.690. The smallest absolute Gasteiger partial charge is 0.341 e. The number of ketones is 1. The number of rotatable bonds is 4. The van der Waals surface area contributed by atoms with E-state index in [4.69, 9.17) is 5.73 Å². The Bertz CT molecular complexity index is 254. The molecule has 0 atom stereocenters. The second-order valence-electron chi connectivity index (χ2n) is 2.24. The summed E-state index contributed by atoms with van der Waals surface area (Å²) in [5.41, 5.74) is 5.07. The first-order valence-electron chi connectivity index (χ1n) is 3.90. The molecule has 0 fully saturated rings. The van der Waals surface area contributed by atoms with Crippen LogP contribution in [0.3, 0.4) is 0 Å². The zero-order valence-electron chi connectivity index (χ0n) is 7.74. The van der Waals surface area contributed by atoms with Crippen LogP contribution < -0.4 is 5.73 Å². The molecule has 0 aliphatic rings. The van der Waals surface area contributed by atoms with Gasteiger partial charge in [0.1, 0.15) is 5.57 Å². The molecule has 0 aromatic carbocycles. The van der Waals surface area contributed by atoms with E-state index < -0.39 is 5.97 Å². The van der Waals surface area contributed by atoms with Crippen molar-refractivity contribution in [1.29, 1.82) is 0 Å². The lowest BCUT2D eigenvalue weighted by atomic mass is 10.2. The van der Waals surface area contributed by atoms with E-state index in [1.54, 1.807) is 6.92 Å². The quantitative estimate of drug-likeness (QED) is 0.227. The second-order valence-corrected chi connectivity index (χ2v) is 2.24. The van der Waals surface area contributed by atoms with Crippen LogP contribution in [0.1, 0.15) is 13.8 Å². The van der Waals surface area contributed by atoms with Crippen LogP contribution in [0.4, 0.5) is 0 Å². The van der Waals surface area contributed by atoms with Gasteiger partial charge in [0.05, 0.1) is 6.61 Å². The van der Waals surface area contributed by atoms with Crippen molar-refractivity contribution in [2.45, 2.75) is 13.8 Å². The molecular weight excluding hydrogens is 170 g/mol. The predicted molar refractivity (Wildman–Crippen MR) is 48.7 cm³/mol. The Morgan fingerprint density at radius 3 is 2.46 bits per heavy atom. The fraction of sp³-hybridized carbons (Fsp3) is 0.333. The first-order chi connectivity index (χ1) is 6.13. The van der Waals surface area contributed by atoms with Crippen LogP contribution in [0.25, 0.3) is 0 Å². The van der Waals surface area contributed by atoms with E-state index in [1.807, 2.05) is 0 Å². The van der Waals surface area contributed by atoms with E-state index in [1.165, 1.54) is 25.3 Å². The molecule has 0 heterocycles. The van der Waals surface area contributed by atoms with Crippen molar-refractivity contribution >= 4 is 11.8 Å². The minimum absolute atomic E-state index is 0.00329. The third-order valence-corrected chi connectivity index (χ3v) is 1.25. The maximum absolute atomic E-state index is 11.1. The molecule has 13 heavy (non-hydrogen) atoms. The van der Waals surface area contributed by atoms with Crippen molar-refractivity contribution in [3.63, 3.8) is 0 Å². The lowest BCUT2D eigenvalue weighted by molar-refractivity contribution is -0.139. The standard InChI is InChI=1S/C9H13NO3/c1-3-13-9(12)8(7(2)11)5-4-6-10/h4-6H,3,10H2,1-2H3/b6-4+,8-5+. The number of carbonyl (C=O) groups is 2. The molecule has 4 nitrogen and oxygen atoms in total. The van der Waals surface area contributed by atoms with E-state index in [0.717, 1.165) is 0 Å². The van der Waals surface area contributed by atoms with Crippen LogP contribution in [0.2, 0.25) is 0 Å². The fourth-order valence-electron chi connectivity index (χ4n) is 0.690. The second kappa shape index (κ2) is 5.99. The Kier molecular flexibility index (Phi) is 5.27. The van der Waals surface area contributed by atoms with E-state index in [0.29, 0.717) is 0 Å². The van der Waals surface area contributed by atoms with Gasteiger partial charge in [0.15, 0.2) is 5.78 Å². The number of nitrogens with two attached hydrogens (primary N) is 1. The maximum Gasteiger partial charge on any atom is 0.341 e. The van der Waals surface area contributed by atoms with E-state index in [2.05, 4.69) is 4.74 Å². The Morgan fingerprint density at radius 2 is 2.08 bits per heavy atom. The minimum atomic E-state index is -0.617. The van der Waals surface area contributed by atoms with Gasteiger partial charge < -0.3 is 10.5 Å². The summed E-state index contributed by atoms with van der Waals surface area (Å²) in [6, 6.07) is 0. The number of Topliss-reactive ketones (excluding diaryl/α,β-unsaturated/α-hetero) is 1. The average molecular weight is 183 g/mol. The molecule has 72 valence electrons. The van der Waals surface area contributed by atoms with Gasteiger partial charge in [-0.2, -0.15) is 0 Å². The van der Waals surface area contributed by atoms with Crippen LogP contribution in [0.15, 0.2) is 23.9 Å². The summed E-state index contributed by atoms with van der Waals surface area (Å²) in [4.78, 5) is 22.0. The number of hydrogen-bond donors (Lipinski definition) is 1. The van der Waals surface area contributed by atoms with Crippen LogP contribution in [0.5, 0.6) is 0 Å². The highest BCUT2D eigenvalue weighted by atomic mass is 16.5. The Balaban J connectivity index is 4.61. The molecule has 0 spiro atoms. The van der Waals surface area contributed by atoms with Crippen molar-refractivity contribution < 1.29 is 14.3 Å².